The first-order chi connectivity index (χ1) is 10.2. The lowest BCUT2D eigenvalue weighted by molar-refractivity contribution is -0.118. The van der Waals surface area contributed by atoms with Gasteiger partial charge in [0.1, 0.15) is 12.4 Å². The highest BCUT2D eigenvalue weighted by Gasteiger charge is 2.01. The van der Waals surface area contributed by atoms with Gasteiger partial charge in [0.15, 0.2) is 0 Å². The predicted octanol–water partition coefficient (Wildman–Crippen LogP) is 2.24. The quantitative estimate of drug-likeness (QED) is 0.761. The van der Waals surface area contributed by atoms with Gasteiger partial charge in [-0.1, -0.05) is 18.2 Å². The zero-order valence-electron chi connectivity index (χ0n) is 11.8. The molecule has 21 heavy (non-hydrogen) atoms. The van der Waals surface area contributed by atoms with Gasteiger partial charge < -0.3 is 20.5 Å². The molecule has 0 atom stereocenters. The van der Waals surface area contributed by atoms with Gasteiger partial charge in [0.2, 0.25) is 5.91 Å². The number of hydrogen-bond donors (Lipinski definition) is 3. The van der Waals surface area contributed by atoms with Crippen LogP contribution in [0.4, 0.5) is 11.4 Å². The highest BCUT2D eigenvalue weighted by Crippen LogP contribution is 2.17. The van der Waals surface area contributed by atoms with Crippen LogP contribution in [0.15, 0.2) is 48.5 Å². The molecule has 0 aliphatic rings. The molecule has 0 heterocycles. The summed E-state index contributed by atoms with van der Waals surface area (Å²) in [6, 6.07) is 15.1. The molecule has 3 N–H and O–H groups in total. The number of hydrogen-bond acceptors (Lipinski definition) is 4. The molecule has 2 aromatic rings. The van der Waals surface area contributed by atoms with E-state index in [4.69, 9.17) is 9.84 Å². The van der Waals surface area contributed by atoms with Crippen molar-refractivity contribution in [2.45, 2.75) is 6.54 Å². The zero-order chi connectivity index (χ0) is 15.1. The van der Waals surface area contributed by atoms with Gasteiger partial charge in [-0.25, -0.2) is 0 Å². The van der Waals surface area contributed by atoms with Gasteiger partial charge in [0.25, 0.3) is 0 Å². The van der Waals surface area contributed by atoms with Gasteiger partial charge in [0, 0.05) is 17.9 Å². The van der Waals surface area contributed by atoms with Crippen LogP contribution in [0.3, 0.4) is 0 Å². The molecule has 110 valence electrons. The Morgan fingerprint density at radius 3 is 2.52 bits per heavy atom. The van der Waals surface area contributed by atoms with Crippen LogP contribution < -0.4 is 15.4 Å². The zero-order valence-corrected chi connectivity index (χ0v) is 11.8. The van der Waals surface area contributed by atoms with E-state index in [0.717, 1.165) is 17.0 Å². The molecule has 5 heteroatoms. The first kappa shape index (κ1) is 14.9. The molecule has 2 rings (SSSR count). The van der Waals surface area contributed by atoms with Crippen molar-refractivity contribution >= 4 is 17.3 Å². The summed E-state index contributed by atoms with van der Waals surface area (Å²) in [5.41, 5.74) is 2.66. The van der Waals surface area contributed by atoms with Crippen LogP contribution in [0.1, 0.15) is 5.56 Å². The fourth-order valence-corrected chi connectivity index (χ4v) is 1.85. The third-order valence-corrected chi connectivity index (χ3v) is 2.95. The van der Waals surface area contributed by atoms with Crippen molar-refractivity contribution in [3.05, 3.63) is 54.1 Å². The Kier molecular flexibility index (Phi) is 5.17. The number of nitrogens with one attached hydrogen (secondary N) is 2. The number of benzene rings is 2. The van der Waals surface area contributed by atoms with Crippen molar-refractivity contribution in [3.63, 3.8) is 0 Å². The number of amides is 1. The van der Waals surface area contributed by atoms with E-state index >= 15 is 0 Å². The Bertz CT molecular complexity index is 597. The van der Waals surface area contributed by atoms with E-state index in [1.807, 2.05) is 42.5 Å². The van der Waals surface area contributed by atoms with E-state index in [9.17, 15) is 4.79 Å². The number of anilines is 2. The Balaban J connectivity index is 1.96. The highest BCUT2D eigenvalue weighted by atomic mass is 16.5. The van der Waals surface area contributed by atoms with E-state index in [1.165, 1.54) is 0 Å². The van der Waals surface area contributed by atoms with Crippen LogP contribution in [0, 0.1) is 0 Å². The smallest absolute Gasteiger partial charge is 0.250 e. The van der Waals surface area contributed by atoms with Gasteiger partial charge >= 0.3 is 0 Å². The van der Waals surface area contributed by atoms with Crippen molar-refractivity contribution in [1.29, 1.82) is 0 Å². The van der Waals surface area contributed by atoms with E-state index in [2.05, 4.69) is 10.6 Å². The van der Waals surface area contributed by atoms with Gasteiger partial charge in [-0.3, -0.25) is 4.79 Å². The Morgan fingerprint density at radius 1 is 1.14 bits per heavy atom. The summed E-state index contributed by atoms with van der Waals surface area (Å²) in [6.07, 6.45) is 0. The molecule has 0 saturated carbocycles. The summed E-state index contributed by atoms with van der Waals surface area (Å²) in [6.45, 7) is 0.144. The van der Waals surface area contributed by atoms with Crippen LogP contribution in [-0.2, 0) is 11.3 Å². The molecule has 0 aromatic heterocycles. The normalized spacial score (nSPS) is 10.0. The lowest BCUT2D eigenvalue weighted by Gasteiger charge is -2.09. The first-order valence-electron chi connectivity index (χ1n) is 6.59. The fourth-order valence-electron chi connectivity index (χ4n) is 1.85. The molecule has 0 unspecified atom stereocenters. The van der Waals surface area contributed by atoms with Crippen molar-refractivity contribution in [1.82, 2.24) is 0 Å². The average molecular weight is 286 g/mol. The number of carbonyl (C=O) groups is 1. The molecule has 0 saturated heterocycles. The van der Waals surface area contributed by atoms with Gasteiger partial charge in [-0.15, -0.1) is 0 Å². The fraction of sp³-hybridized carbons (Fsp3) is 0.188. The minimum atomic E-state index is -0.524. The largest absolute Gasteiger partial charge is 0.497 e. The number of ether oxygens (including phenoxy) is 1. The Morgan fingerprint density at radius 2 is 1.86 bits per heavy atom. The summed E-state index contributed by atoms with van der Waals surface area (Å²) in [7, 11) is 1.64. The number of carbonyl (C=O) groups excluding carboxylic acids is 1. The van der Waals surface area contributed by atoms with E-state index < -0.39 is 12.5 Å². The SMILES string of the molecule is COc1ccc(CNc2cccc(NC(=O)CO)c2)cc1. The number of aliphatic hydroxyl groups is 1. The lowest BCUT2D eigenvalue weighted by atomic mass is 10.2. The highest BCUT2D eigenvalue weighted by molar-refractivity contribution is 5.91. The maximum atomic E-state index is 11.1. The number of aliphatic hydroxyl groups excluding tert-OH is 1. The van der Waals surface area contributed by atoms with E-state index in [0.29, 0.717) is 12.2 Å². The second-order valence-electron chi connectivity index (χ2n) is 4.49. The molecule has 0 radical (unpaired) electrons. The second kappa shape index (κ2) is 7.31. The van der Waals surface area contributed by atoms with Crippen LogP contribution in [0.5, 0.6) is 5.75 Å². The van der Waals surface area contributed by atoms with Gasteiger partial charge in [-0.05, 0) is 35.9 Å². The van der Waals surface area contributed by atoms with Crippen molar-refractivity contribution in [2.75, 3.05) is 24.4 Å². The minimum absolute atomic E-state index is 0.428. The third kappa shape index (κ3) is 4.50. The van der Waals surface area contributed by atoms with E-state index in [-0.39, 0.29) is 0 Å². The molecule has 0 bridgehead atoms. The average Bonchev–Trinajstić information content (AvgIpc) is 2.53. The molecule has 1 amide bonds. The summed E-state index contributed by atoms with van der Waals surface area (Å²) < 4.78 is 5.11. The Hall–Kier alpha value is -2.53. The molecule has 0 aliphatic carbocycles. The Labute approximate surface area is 123 Å². The molecule has 5 nitrogen and oxygen atoms in total. The van der Waals surface area contributed by atoms with Crippen LogP contribution in [-0.4, -0.2) is 24.7 Å². The predicted molar refractivity (Wildman–Crippen MR) is 82.5 cm³/mol. The lowest BCUT2D eigenvalue weighted by Crippen LogP contribution is -2.15. The molecule has 0 aliphatic heterocycles. The van der Waals surface area contributed by atoms with Crippen LogP contribution in [0.25, 0.3) is 0 Å². The number of methoxy groups -OCH3 is 1. The van der Waals surface area contributed by atoms with Gasteiger partial charge in [0.05, 0.1) is 7.11 Å². The van der Waals surface area contributed by atoms with Crippen molar-refractivity contribution in [3.8, 4) is 5.75 Å². The molecular weight excluding hydrogens is 268 g/mol. The molecule has 0 spiro atoms. The van der Waals surface area contributed by atoms with Crippen LogP contribution in [0.2, 0.25) is 0 Å². The third-order valence-electron chi connectivity index (χ3n) is 2.95. The molecule has 0 fully saturated rings. The molecule has 2 aromatic carbocycles. The summed E-state index contributed by atoms with van der Waals surface area (Å²) >= 11 is 0. The standard InChI is InChI=1S/C16H18N2O3/c1-21-15-7-5-12(6-8-15)10-17-13-3-2-4-14(9-13)18-16(20)11-19/h2-9,17,19H,10-11H2,1H3,(H,18,20). The van der Waals surface area contributed by atoms with Crippen LogP contribution >= 0.6 is 0 Å². The summed E-state index contributed by atoms with van der Waals surface area (Å²) in [4.78, 5) is 11.1. The monoisotopic (exact) mass is 286 g/mol. The maximum Gasteiger partial charge on any atom is 0.250 e. The van der Waals surface area contributed by atoms with Crippen molar-refractivity contribution in [2.24, 2.45) is 0 Å². The number of rotatable bonds is 6. The second-order valence-corrected chi connectivity index (χ2v) is 4.49. The van der Waals surface area contributed by atoms with E-state index in [1.54, 1.807) is 13.2 Å². The van der Waals surface area contributed by atoms with Crippen molar-refractivity contribution < 1.29 is 14.6 Å². The molecular formula is C16H18N2O3. The first-order valence-corrected chi connectivity index (χ1v) is 6.59. The summed E-state index contributed by atoms with van der Waals surface area (Å²) in [5, 5.41) is 14.6. The topological polar surface area (TPSA) is 70.6 Å². The minimum Gasteiger partial charge on any atom is -0.497 e. The summed E-state index contributed by atoms with van der Waals surface area (Å²) in [5.74, 6) is 0.398. The maximum absolute atomic E-state index is 11.1. The van der Waals surface area contributed by atoms with Gasteiger partial charge in [-0.2, -0.15) is 0 Å².